The van der Waals surface area contributed by atoms with E-state index in [1.54, 1.807) is 0 Å². The first-order chi connectivity index (χ1) is 19.4. The van der Waals surface area contributed by atoms with Crippen LogP contribution in [0.25, 0.3) is 27.7 Å². The number of hydrogen-bond donors (Lipinski definition) is 1. The van der Waals surface area contributed by atoms with Crippen molar-refractivity contribution in [2.75, 3.05) is 7.11 Å². The molecule has 5 aromatic rings. The summed E-state index contributed by atoms with van der Waals surface area (Å²) in [5, 5.41) is 10.3. The normalized spacial score (nSPS) is 12.0. The number of imidazole rings is 1. The fraction of sp³-hybridized carbons (Fsp3) is 0.179. The minimum absolute atomic E-state index is 0.0215. The molecule has 0 spiro atoms. The zero-order valence-corrected chi connectivity index (χ0v) is 21.3. The first-order valence-corrected chi connectivity index (χ1v) is 11.9. The average molecular weight is 575 g/mol. The van der Waals surface area contributed by atoms with Gasteiger partial charge in [0.1, 0.15) is 12.4 Å². The van der Waals surface area contributed by atoms with E-state index in [-0.39, 0.29) is 45.5 Å². The number of halogens is 6. The number of aldehydes is 1. The maximum absolute atomic E-state index is 14.5. The number of fused-ring (bicyclic) bond motifs is 2. The Morgan fingerprint density at radius 3 is 2.39 bits per heavy atom. The van der Waals surface area contributed by atoms with Crippen molar-refractivity contribution in [1.82, 2.24) is 14.0 Å². The molecule has 0 saturated carbocycles. The summed E-state index contributed by atoms with van der Waals surface area (Å²) in [6, 6.07) is 5.46. The summed E-state index contributed by atoms with van der Waals surface area (Å²) in [5.41, 5.74) is -3.08. The zero-order valence-electron chi connectivity index (χ0n) is 21.3. The molecular formula is C28H19F6N3O4. The van der Waals surface area contributed by atoms with Crippen molar-refractivity contribution in [2.45, 2.75) is 19.4 Å². The zero-order chi connectivity index (χ0) is 29.8. The Hall–Kier alpha value is -4.49. The van der Waals surface area contributed by atoms with Crippen LogP contribution in [0.15, 0.2) is 42.6 Å². The first-order valence-electron chi connectivity index (χ1n) is 11.9. The molecule has 1 N–H and O–H groups in total. The maximum atomic E-state index is 14.5. The number of nitrogens with zero attached hydrogens (tertiary/aromatic N) is 3. The third kappa shape index (κ3) is 4.46. The van der Waals surface area contributed by atoms with Gasteiger partial charge in [-0.15, -0.1) is 0 Å². The monoisotopic (exact) mass is 575 g/mol. The van der Waals surface area contributed by atoms with E-state index in [1.807, 2.05) is 0 Å². The van der Waals surface area contributed by atoms with Gasteiger partial charge >= 0.3 is 6.18 Å². The van der Waals surface area contributed by atoms with Gasteiger partial charge in [0.2, 0.25) is 5.78 Å². The molecule has 13 heteroatoms. The van der Waals surface area contributed by atoms with E-state index in [0.717, 1.165) is 16.5 Å². The predicted molar refractivity (Wildman–Crippen MR) is 134 cm³/mol. The van der Waals surface area contributed by atoms with Crippen LogP contribution in [0.4, 0.5) is 26.3 Å². The van der Waals surface area contributed by atoms with Crippen LogP contribution in [0.3, 0.4) is 0 Å². The Labute approximate surface area is 227 Å². The molecule has 3 heterocycles. The van der Waals surface area contributed by atoms with Gasteiger partial charge in [-0.05, 0) is 30.3 Å². The summed E-state index contributed by atoms with van der Waals surface area (Å²) in [7, 11) is 2.89. The van der Waals surface area contributed by atoms with Gasteiger partial charge in [0, 0.05) is 48.2 Å². The molecule has 5 rings (SSSR count). The van der Waals surface area contributed by atoms with Gasteiger partial charge in [-0.3, -0.25) is 9.59 Å². The highest BCUT2D eigenvalue weighted by atomic mass is 19.4. The predicted octanol–water partition coefficient (Wildman–Crippen LogP) is 5.61. The summed E-state index contributed by atoms with van der Waals surface area (Å²) < 4.78 is 92.4. The molecule has 0 atom stereocenters. The van der Waals surface area contributed by atoms with E-state index >= 15 is 0 Å². The number of carbonyl (C=O) groups is 2. The van der Waals surface area contributed by atoms with Gasteiger partial charge < -0.3 is 18.8 Å². The molecule has 2 aromatic carbocycles. The molecule has 0 fully saturated rings. The van der Waals surface area contributed by atoms with E-state index < -0.39 is 52.7 Å². The van der Waals surface area contributed by atoms with Crippen molar-refractivity contribution in [2.24, 2.45) is 7.05 Å². The van der Waals surface area contributed by atoms with E-state index in [2.05, 4.69) is 4.98 Å². The van der Waals surface area contributed by atoms with Gasteiger partial charge in [-0.1, -0.05) is 6.07 Å². The second-order valence-electron chi connectivity index (χ2n) is 9.15. The molecule has 212 valence electrons. The average Bonchev–Trinajstić information content (AvgIpc) is 3.47. The van der Waals surface area contributed by atoms with E-state index in [0.29, 0.717) is 24.2 Å². The van der Waals surface area contributed by atoms with Crippen molar-refractivity contribution in [3.05, 3.63) is 93.8 Å². The molecule has 0 aliphatic carbocycles. The van der Waals surface area contributed by atoms with E-state index in [9.17, 15) is 41.0 Å². The molecule has 0 bridgehead atoms. The number of benzene rings is 2. The molecule has 0 saturated heterocycles. The minimum atomic E-state index is -4.93. The number of aromatic nitrogens is 3. The second-order valence-corrected chi connectivity index (χ2v) is 9.15. The molecule has 0 aliphatic rings. The Bertz CT molecular complexity index is 1850. The molecule has 0 unspecified atom stereocenters. The number of carbonyl (C=O) groups excluding carboxylic acids is 2. The summed E-state index contributed by atoms with van der Waals surface area (Å²) in [4.78, 5) is 29.7. The third-order valence-electron chi connectivity index (χ3n) is 6.80. The lowest BCUT2D eigenvalue weighted by Crippen LogP contribution is -2.11. The summed E-state index contributed by atoms with van der Waals surface area (Å²) in [5.74, 6) is -5.75. The maximum Gasteiger partial charge on any atom is 0.417 e. The quantitative estimate of drug-likeness (QED) is 0.118. The largest absolute Gasteiger partial charge is 0.417 e. The number of ketones is 1. The number of hydrogen-bond acceptors (Lipinski definition) is 5. The molecule has 3 aromatic heterocycles. The molecule has 7 nitrogen and oxygen atoms in total. The smallest absolute Gasteiger partial charge is 0.392 e. The summed E-state index contributed by atoms with van der Waals surface area (Å²) in [6.45, 7) is -0.885. The van der Waals surface area contributed by atoms with Gasteiger partial charge in [-0.2, -0.15) is 13.2 Å². The molecule has 0 radical (unpaired) electrons. The number of rotatable bonds is 7. The number of pyridine rings is 1. The van der Waals surface area contributed by atoms with Gasteiger partial charge in [0.25, 0.3) is 0 Å². The standard InChI is InChI=1S/C28H19F6N3O4/c1-36-20-9-17(28(32,33)34)23(16(11-39)25(20)35-22(36)12-41-2)15-4-3-5-37-21(8-14(10-38)26(15)37)27(40)13-6-18(29)24(31)19(30)7-13/h3-10,39H,11-12H2,1-2H3. The van der Waals surface area contributed by atoms with Crippen LogP contribution < -0.4 is 0 Å². The Kier molecular flexibility index (Phi) is 6.95. The van der Waals surface area contributed by atoms with Gasteiger partial charge in [0.15, 0.2) is 23.7 Å². The first kappa shape index (κ1) is 28.1. The number of aliphatic hydroxyl groups excluding tert-OH is 1. The van der Waals surface area contributed by atoms with Crippen molar-refractivity contribution < 1.29 is 45.8 Å². The number of aliphatic hydroxyl groups is 1. The van der Waals surface area contributed by atoms with Crippen LogP contribution in [-0.4, -0.2) is 38.2 Å². The fourth-order valence-electron chi connectivity index (χ4n) is 4.97. The highest BCUT2D eigenvalue weighted by Gasteiger charge is 2.37. The van der Waals surface area contributed by atoms with Crippen LogP contribution in [-0.2, 0) is 31.2 Å². The lowest BCUT2D eigenvalue weighted by molar-refractivity contribution is -0.137. The lowest BCUT2D eigenvalue weighted by atomic mass is 9.92. The highest BCUT2D eigenvalue weighted by molar-refractivity contribution is 6.11. The lowest BCUT2D eigenvalue weighted by Gasteiger charge is -2.19. The number of alkyl halides is 3. The number of aryl methyl sites for hydroxylation is 1. The number of ether oxygens (including phenoxy) is 1. The molecule has 0 amide bonds. The third-order valence-corrected chi connectivity index (χ3v) is 6.80. The number of methoxy groups -OCH3 is 1. The van der Waals surface area contributed by atoms with Crippen LogP contribution >= 0.6 is 0 Å². The van der Waals surface area contributed by atoms with Crippen molar-refractivity contribution in [1.29, 1.82) is 0 Å². The van der Waals surface area contributed by atoms with Gasteiger partial charge in [-0.25, -0.2) is 18.2 Å². The van der Waals surface area contributed by atoms with Crippen LogP contribution in [0, 0.1) is 17.5 Å². The topological polar surface area (TPSA) is 85.8 Å². The Morgan fingerprint density at radius 2 is 1.80 bits per heavy atom. The van der Waals surface area contributed by atoms with Crippen LogP contribution in [0.1, 0.15) is 43.4 Å². The van der Waals surface area contributed by atoms with Crippen molar-refractivity contribution in [3.63, 3.8) is 0 Å². The fourth-order valence-corrected chi connectivity index (χ4v) is 4.97. The minimum Gasteiger partial charge on any atom is -0.392 e. The molecular weight excluding hydrogens is 556 g/mol. The molecule has 41 heavy (non-hydrogen) atoms. The van der Waals surface area contributed by atoms with Crippen LogP contribution in [0.2, 0.25) is 0 Å². The van der Waals surface area contributed by atoms with E-state index in [4.69, 9.17) is 4.74 Å². The Morgan fingerprint density at radius 1 is 1.12 bits per heavy atom. The SMILES string of the molecule is COCc1nc2c(CO)c(-c3cccn4c(C(=O)c5cc(F)c(F)c(F)c5)cc(C=O)c34)c(C(F)(F)F)cc2n1C. The highest BCUT2D eigenvalue weighted by Crippen LogP contribution is 2.44. The summed E-state index contributed by atoms with van der Waals surface area (Å²) >= 11 is 0. The van der Waals surface area contributed by atoms with Crippen molar-refractivity contribution in [3.8, 4) is 11.1 Å². The van der Waals surface area contributed by atoms with Gasteiger partial charge in [0.05, 0.1) is 34.4 Å². The van der Waals surface area contributed by atoms with E-state index in [1.165, 1.54) is 37.1 Å². The Balaban J connectivity index is 1.85. The second kappa shape index (κ2) is 10.2. The summed E-state index contributed by atoms with van der Waals surface area (Å²) in [6.07, 6.45) is -3.35. The van der Waals surface area contributed by atoms with Crippen molar-refractivity contribution >= 4 is 28.6 Å². The van der Waals surface area contributed by atoms with Crippen LogP contribution in [0.5, 0.6) is 0 Å². The molecule has 0 aliphatic heterocycles.